The Morgan fingerprint density at radius 3 is 2.47 bits per heavy atom. The van der Waals surface area contributed by atoms with Crippen LogP contribution in [0.2, 0.25) is 0 Å². The first-order valence-corrected chi connectivity index (χ1v) is 5.92. The van der Waals surface area contributed by atoms with E-state index in [0.717, 1.165) is 34.0 Å². The van der Waals surface area contributed by atoms with Crippen LogP contribution in [0, 0.1) is 13.8 Å². The van der Waals surface area contributed by atoms with Gasteiger partial charge in [0.05, 0.1) is 5.69 Å². The molecule has 0 saturated carbocycles. The van der Waals surface area contributed by atoms with Crippen molar-refractivity contribution in [2.75, 3.05) is 5.73 Å². The maximum absolute atomic E-state index is 5.94. The highest BCUT2D eigenvalue weighted by molar-refractivity contribution is 5.67. The molecule has 3 N–H and O–H groups in total. The van der Waals surface area contributed by atoms with Crippen molar-refractivity contribution in [1.82, 2.24) is 9.97 Å². The van der Waals surface area contributed by atoms with Crippen molar-refractivity contribution in [3.05, 3.63) is 35.3 Å². The number of aryl methyl sites for hydroxylation is 2. The molecular formula is C14H19N3. The number of nitrogens with one attached hydrogen (secondary N) is 1. The van der Waals surface area contributed by atoms with Crippen LogP contribution >= 0.6 is 0 Å². The first kappa shape index (κ1) is 11.7. The van der Waals surface area contributed by atoms with Crippen LogP contribution in [0.1, 0.15) is 36.8 Å². The van der Waals surface area contributed by atoms with Crippen molar-refractivity contribution in [3.8, 4) is 11.3 Å². The number of imidazole rings is 1. The molecule has 17 heavy (non-hydrogen) atoms. The van der Waals surface area contributed by atoms with Crippen molar-refractivity contribution in [3.63, 3.8) is 0 Å². The van der Waals surface area contributed by atoms with Crippen molar-refractivity contribution in [2.24, 2.45) is 0 Å². The first-order chi connectivity index (χ1) is 7.99. The SMILES string of the molecule is Cc1ccc(-c2nc(C(C)C)[nH]c2C)cc1N. The summed E-state index contributed by atoms with van der Waals surface area (Å²) in [6.07, 6.45) is 0. The van der Waals surface area contributed by atoms with Gasteiger partial charge in [-0.3, -0.25) is 0 Å². The Morgan fingerprint density at radius 2 is 1.94 bits per heavy atom. The lowest BCUT2D eigenvalue weighted by Crippen LogP contribution is -1.91. The van der Waals surface area contributed by atoms with Gasteiger partial charge in [-0.05, 0) is 25.5 Å². The Morgan fingerprint density at radius 1 is 1.24 bits per heavy atom. The number of aromatic amines is 1. The fourth-order valence-electron chi connectivity index (χ4n) is 1.83. The highest BCUT2D eigenvalue weighted by Gasteiger charge is 2.11. The quantitative estimate of drug-likeness (QED) is 0.775. The number of rotatable bonds is 2. The maximum Gasteiger partial charge on any atom is 0.109 e. The third kappa shape index (κ3) is 2.18. The van der Waals surface area contributed by atoms with Crippen LogP contribution in [0.5, 0.6) is 0 Å². The standard InChI is InChI=1S/C14H19N3/c1-8(2)14-16-10(4)13(17-14)11-6-5-9(3)12(15)7-11/h5-8H,15H2,1-4H3,(H,16,17). The minimum Gasteiger partial charge on any atom is -0.398 e. The molecule has 0 atom stereocenters. The first-order valence-electron chi connectivity index (χ1n) is 5.92. The van der Waals surface area contributed by atoms with Gasteiger partial charge in [0.1, 0.15) is 5.82 Å². The van der Waals surface area contributed by atoms with Gasteiger partial charge in [0, 0.05) is 22.9 Å². The molecule has 0 unspecified atom stereocenters. The summed E-state index contributed by atoms with van der Waals surface area (Å²) in [6.45, 7) is 8.32. The molecule has 0 amide bonds. The van der Waals surface area contributed by atoms with Gasteiger partial charge in [-0.1, -0.05) is 26.0 Å². The van der Waals surface area contributed by atoms with Gasteiger partial charge in [-0.25, -0.2) is 4.98 Å². The topological polar surface area (TPSA) is 54.7 Å². The second kappa shape index (κ2) is 4.24. The highest BCUT2D eigenvalue weighted by Crippen LogP contribution is 2.26. The van der Waals surface area contributed by atoms with Gasteiger partial charge >= 0.3 is 0 Å². The van der Waals surface area contributed by atoms with Crippen LogP contribution in [-0.2, 0) is 0 Å². The van der Waals surface area contributed by atoms with Crippen LogP contribution in [0.4, 0.5) is 5.69 Å². The minimum atomic E-state index is 0.408. The molecule has 0 radical (unpaired) electrons. The molecule has 0 bridgehead atoms. The van der Waals surface area contributed by atoms with E-state index in [0.29, 0.717) is 5.92 Å². The summed E-state index contributed by atoms with van der Waals surface area (Å²) in [5.41, 5.74) is 11.0. The lowest BCUT2D eigenvalue weighted by Gasteiger charge is -2.03. The fourth-order valence-corrected chi connectivity index (χ4v) is 1.83. The molecular weight excluding hydrogens is 210 g/mol. The zero-order valence-electron chi connectivity index (χ0n) is 10.8. The summed E-state index contributed by atoms with van der Waals surface area (Å²) in [7, 11) is 0. The van der Waals surface area contributed by atoms with E-state index < -0.39 is 0 Å². The summed E-state index contributed by atoms with van der Waals surface area (Å²) < 4.78 is 0. The number of hydrogen-bond acceptors (Lipinski definition) is 2. The number of aromatic nitrogens is 2. The van der Waals surface area contributed by atoms with Crippen molar-refractivity contribution >= 4 is 5.69 Å². The Labute approximate surface area is 102 Å². The second-order valence-electron chi connectivity index (χ2n) is 4.82. The summed E-state index contributed by atoms with van der Waals surface area (Å²) in [5.74, 6) is 1.43. The van der Waals surface area contributed by atoms with Crippen LogP contribution < -0.4 is 5.73 Å². The Kier molecular flexibility index (Phi) is 2.92. The second-order valence-corrected chi connectivity index (χ2v) is 4.82. The van der Waals surface area contributed by atoms with Gasteiger partial charge in [0.25, 0.3) is 0 Å². The van der Waals surface area contributed by atoms with Crippen LogP contribution in [0.3, 0.4) is 0 Å². The molecule has 1 heterocycles. The number of H-pyrrole nitrogens is 1. The minimum absolute atomic E-state index is 0.408. The van der Waals surface area contributed by atoms with Crippen LogP contribution in [-0.4, -0.2) is 9.97 Å². The number of nitrogens with zero attached hydrogens (tertiary/aromatic N) is 1. The van der Waals surface area contributed by atoms with E-state index in [1.54, 1.807) is 0 Å². The maximum atomic E-state index is 5.94. The predicted octanol–water partition coefficient (Wildman–Crippen LogP) is 3.40. The molecule has 0 aliphatic carbocycles. The van der Waals surface area contributed by atoms with E-state index in [-0.39, 0.29) is 0 Å². The smallest absolute Gasteiger partial charge is 0.109 e. The molecule has 0 saturated heterocycles. The molecule has 2 rings (SSSR count). The van der Waals surface area contributed by atoms with Crippen LogP contribution in [0.25, 0.3) is 11.3 Å². The highest BCUT2D eigenvalue weighted by atomic mass is 14.9. The number of anilines is 1. The third-order valence-electron chi connectivity index (χ3n) is 3.00. The molecule has 0 aliphatic heterocycles. The third-order valence-corrected chi connectivity index (χ3v) is 3.00. The lowest BCUT2D eigenvalue weighted by atomic mass is 10.1. The summed E-state index contributed by atoms with van der Waals surface area (Å²) in [5, 5.41) is 0. The van der Waals surface area contributed by atoms with E-state index in [1.165, 1.54) is 0 Å². The van der Waals surface area contributed by atoms with Gasteiger partial charge in [-0.2, -0.15) is 0 Å². The predicted molar refractivity (Wildman–Crippen MR) is 72.0 cm³/mol. The molecule has 0 aliphatic rings. The fraction of sp³-hybridized carbons (Fsp3) is 0.357. The number of benzene rings is 1. The average Bonchev–Trinajstić information content (AvgIpc) is 2.65. The van der Waals surface area contributed by atoms with Gasteiger partial charge < -0.3 is 10.7 Å². The molecule has 2 aromatic rings. The zero-order valence-corrected chi connectivity index (χ0v) is 10.8. The van der Waals surface area contributed by atoms with E-state index in [9.17, 15) is 0 Å². The van der Waals surface area contributed by atoms with Crippen molar-refractivity contribution in [2.45, 2.75) is 33.6 Å². The molecule has 0 spiro atoms. The van der Waals surface area contributed by atoms with E-state index >= 15 is 0 Å². The lowest BCUT2D eigenvalue weighted by molar-refractivity contribution is 0.792. The monoisotopic (exact) mass is 229 g/mol. The largest absolute Gasteiger partial charge is 0.398 e. The molecule has 1 aromatic carbocycles. The molecule has 1 aromatic heterocycles. The molecule has 3 heteroatoms. The Balaban J connectivity index is 2.49. The molecule has 3 nitrogen and oxygen atoms in total. The van der Waals surface area contributed by atoms with E-state index in [1.807, 2.05) is 26.0 Å². The Hall–Kier alpha value is -1.77. The Bertz CT molecular complexity index is 538. The van der Waals surface area contributed by atoms with E-state index in [2.05, 4.69) is 29.9 Å². The summed E-state index contributed by atoms with van der Waals surface area (Å²) in [4.78, 5) is 7.96. The number of hydrogen-bond donors (Lipinski definition) is 2. The van der Waals surface area contributed by atoms with E-state index in [4.69, 9.17) is 5.73 Å². The summed E-state index contributed by atoms with van der Waals surface area (Å²) >= 11 is 0. The zero-order chi connectivity index (χ0) is 12.6. The van der Waals surface area contributed by atoms with Crippen LogP contribution in [0.15, 0.2) is 18.2 Å². The van der Waals surface area contributed by atoms with Crippen molar-refractivity contribution < 1.29 is 0 Å². The summed E-state index contributed by atoms with van der Waals surface area (Å²) in [6, 6.07) is 6.09. The normalized spacial score (nSPS) is 11.1. The number of nitrogen functional groups attached to an aromatic ring is 1. The van der Waals surface area contributed by atoms with Gasteiger partial charge in [0.2, 0.25) is 0 Å². The molecule has 0 fully saturated rings. The average molecular weight is 229 g/mol. The van der Waals surface area contributed by atoms with Gasteiger partial charge in [0.15, 0.2) is 0 Å². The molecule has 90 valence electrons. The number of nitrogens with two attached hydrogens (primary N) is 1. The van der Waals surface area contributed by atoms with Gasteiger partial charge in [-0.15, -0.1) is 0 Å². The van der Waals surface area contributed by atoms with Crippen molar-refractivity contribution in [1.29, 1.82) is 0 Å².